The predicted molar refractivity (Wildman–Crippen MR) is 76.2 cm³/mol. The molecular weight excluding hydrogens is 304 g/mol. The monoisotopic (exact) mass is 319 g/mol. The molecule has 21 heavy (non-hydrogen) atoms. The lowest BCUT2D eigenvalue weighted by Gasteiger charge is -2.18. The molecule has 0 bridgehead atoms. The Morgan fingerprint density at radius 1 is 1.38 bits per heavy atom. The summed E-state index contributed by atoms with van der Waals surface area (Å²) in [4.78, 5) is 24.5. The number of carbonyl (C=O) groups is 2. The van der Waals surface area contributed by atoms with Crippen LogP contribution in [0.4, 0.5) is 14.5 Å². The highest BCUT2D eigenvalue weighted by Gasteiger charge is 2.35. The van der Waals surface area contributed by atoms with E-state index in [0.717, 1.165) is 17.0 Å². The maximum Gasteiger partial charge on any atom is 0.249 e. The molecule has 1 heterocycles. The minimum Gasteiger partial charge on any atom is -0.344 e. The molecule has 8 heteroatoms. The van der Waals surface area contributed by atoms with Gasteiger partial charge in [0, 0.05) is 19.5 Å². The van der Waals surface area contributed by atoms with Crippen LogP contribution in [0.1, 0.15) is 12.8 Å². The smallest absolute Gasteiger partial charge is 0.249 e. The number of hydrogen-bond acceptors (Lipinski definition) is 3. The highest BCUT2D eigenvalue weighted by atomic mass is 35.5. The molecule has 1 aromatic rings. The molecule has 2 amide bonds. The Balaban J connectivity index is 0.00000220. The molecular formula is C13H16ClF2N3O2. The normalized spacial score (nSPS) is 17.6. The first kappa shape index (κ1) is 17.3. The van der Waals surface area contributed by atoms with Crippen molar-refractivity contribution >= 4 is 29.9 Å². The lowest BCUT2D eigenvalue weighted by Crippen LogP contribution is -2.42. The van der Waals surface area contributed by atoms with E-state index in [2.05, 4.69) is 5.32 Å². The van der Waals surface area contributed by atoms with Crippen molar-refractivity contribution in [2.24, 2.45) is 5.73 Å². The number of halogens is 3. The fourth-order valence-electron chi connectivity index (χ4n) is 2.18. The minimum absolute atomic E-state index is 0. The molecule has 3 N–H and O–H groups in total. The van der Waals surface area contributed by atoms with Gasteiger partial charge in [-0.25, -0.2) is 8.78 Å². The summed E-state index contributed by atoms with van der Waals surface area (Å²) in [5, 5.41) is 2.51. The van der Waals surface area contributed by atoms with E-state index in [1.807, 2.05) is 0 Å². The van der Waals surface area contributed by atoms with Crippen LogP contribution in [0.3, 0.4) is 0 Å². The number of para-hydroxylation sites is 1. The molecule has 0 aromatic heterocycles. The lowest BCUT2D eigenvalue weighted by molar-refractivity contribution is -0.126. The highest BCUT2D eigenvalue weighted by Crippen LogP contribution is 2.27. The number of rotatable bonds is 4. The summed E-state index contributed by atoms with van der Waals surface area (Å²) in [7, 11) is 0. The quantitative estimate of drug-likeness (QED) is 0.868. The second kappa shape index (κ2) is 7.33. The number of nitrogens with one attached hydrogen (secondary N) is 1. The third-order valence-electron chi connectivity index (χ3n) is 3.12. The number of carbonyl (C=O) groups excluding carboxylic acids is 2. The number of benzene rings is 1. The van der Waals surface area contributed by atoms with Gasteiger partial charge in [-0.2, -0.15) is 0 Å². The summed E-state index contributed by atoms with van der Waals surface area (Å²) < 4.78 is 27.3. The molecule has 1 unspecified atom stereocenters. The molecule has 116 valence electrons. The molecule has 0 saturated carbocycles. The van der Waals surface area contributed by atoms with Crippen LogP contribution < -0.4 is 16.0 Å². The van der Waals surface area contributed by atoms with E-state index in [9.17, 15) is 18.4 Å². The summed E-state index contributed by atoms with van der Waals surface area (Å²) in [5.74, 6) is -2.46. The van der Waals surface area contributed by atoms with Crippen LogP contribution in [0.15, 0.2) is 18.2 Å². The second-order valence-electron chi connectivity index (χ2n) is 4.51. The Kier molecular flexibility index (Phi) is 6.04. The summed E-state index contributed by atoms with van der Waals surface area (Å²) in [6.45, 7) is 0.336. The standard InChI is InChI=1S/C13H15F2N3O2.ClH/c14-8-2-1-3-9(15)12(8)18-7-5-10(13(18)20)17-11(19)4-6-16;/h1-3,10H,4-7,16H2,(H,17,19);1H. The molecule has 5 nitrogen and oxygen atoms in total. The third-order valence-corrected chi connectivity index (χ3v) is 3.12. The molecule has 1 aromatic carbocycles. The summed E-state index contributed by atoms with van der Waals surface area (Å²) in [6, 6.07) is 2.65. The van der Waals surface area contributed by atoms with Gasteiger partial charge >= 0.3 is 0 Å². The largest absolute Gasteiger partial charge is 0.344 e. The zero-order valence-corrected chi connectivity index (χ0v) is 12.0. The predicted octanol–water partition coefficient (Wildman–Crippen LogP) is 0.957. The van der Waals surface area contributed by atoms with Crippen LogP contribution in [0.25, 0.3) is 0 Å². The van der Waals surface area contributed by atoms with Crippen LogP contribution >= 0.6 is 12.4 Å². The van der Waals surface area contributed by atoms with E-state index in [4.69, 9.17) is 5.73 Å². The number of amides is 2. The number of nitrogens with two attached hydrogens (primary N) is 1. The second-order valence-corrected chi connectivity index (χ2v) is 4.51. The summed E-state index contributed by atoms with van der Waals surface area (Å²) >= 11 is 0. The van der Waals surface area contributed by atoms with Crippen LogP contribution in [0.5, 0.6) is 0 Å². The number of nitrogens with zero attached hydrogens (tertiary/aromatic N) is 1. The van der Waals surface area contributed by atoms with Gasteiger partial charge in [0.25, 0.3) is 0 Å². The average Bonchev–Trinajstić information content (AvgIpc) is 2.72. The van der Waals surface area contributed by atoms with Gasteiger partial charge in [0.05, 0.1) is 0 Å². The molecule has 0 spiro atoms. The molecule has 1 aliphatic rings. The summed E-state index contributed by atoms with van der Waals surface area (Å²) in [6.07, 6.45) is 0.417. The van der Waals surface area contributed by atoms with Gasteiger partial charge in [-0.1, -0.05) is 6.07 Å². The van der Waals surface area contributed by atoms with E-state index in [1.54, 1.807) is 0 Å². The van der Waals surface area contributed by atoms with Gasteiger partial charge < -0.3 is 16.0 Å². The topological polar surface area (TPSA) is 75.4 Å². The van der Waals surface area contributed by atoms with E-state index >= 15 is 0 Å². The van der Waals surface area contributed by atoms with Crippen molar-refractivity contribution in [1.82, 2.24) is 5.32 Å². The summed E-state index contributed by atoms with van der Waals surface area (Å²) in [5.41, 5.74) is 4.87. The Morgan fingerprint density at radius 2 is 2.00 bits per heavy atom. The van der Waals surface area contributed by atoms with Gasteiger partial charge in [0.15, 0.2) is 0 Å². The first-order valence-electron chi connectivity index (χ1n) is 6.29. The number of anilines is 1. The van der Waals surface area contributed by atoms with Crippen LogP contribution in [0, 0.1) is 11.6 Å². The SMILES string of the molecule is Cl.NCCC(=O)NC1CCN(c2c(F)cccc2F)C1=O. The molecule has 1 aliphatic heterocycles. The molecule has 1 atom stereocenters. The first-order valence-corrected chi connectivity index (χ1v) is 6.29. The van der Waals surface area contributed by atoms with Crippen LogP contribution in [0.2, 0.25) is 0 Å². The Morgan fingerprint density at radius 3 is 2.57 bits per heavy atom. The van der Waals surface area contributed by atoms with E-state index < -0.39 is 23.6 Å². The van der Waals surface area contributed by atoms with E-state index in [0.29, 0.717) is 6.42 Å². The van der Waals surface area contributed by atoms with Crippen molar-refractivity contribution in [3.63, 3.8) is 0 Å². The van der Waals surface area contributed by atoms with Crippen molar-refractivity contribution < 1.29 is 18.4 Å². The van der Waals surface area contributed by atoms with Gasteiger partial charge in [0.2, 0.25) is 11.8 Å². The van der Waals surface area contributed by atoms with Crippen molar-refractivity contribution in [3.05, 3.63) is 29.8 Å². The Labute approximate surface area is 126 Å². The molecule has 0 radical (unpaired) electrons. The zero-order chi connectivity index (χ0) is 14.7. The molecule has 0 aliphatic carbocycles. The third kappa shape index (κ3) is 3.68. The molecule has 1 fully saturated rings. The average molecular weight is 320 g/mol. The van der Waals surface area contributed by atoms with Crippen molar-refractivity contribution in [1.29, 1.82) is 0 Å². The Hall–Kier alpha value is -1.73. The van der Waals surface area contributed by atoms with Gasteiger partial charge in [0.1, 0.15) is 23.4 Å². The maximum absolute atomic E-state index is 13.6. The highest BCUT2D eigenvalue weighted by molar-refractivity contribution is 6.01. The minimum atomic E-state index is -0.799. The van der Waals surface area contributed by atoms with Crippen molar-refractivity contribution in [3.8, 4) is 0 Å². The fraction of sp³-hybridized carbons (Fsp3) is 0.385. The zero-order valence-electron chi connectivity index (χ0n) is 11.1. The van der Waals surface area contributed by atoms with Crippen molar-refractivity contribution in [2.75, 3.05) is 18.0 Å². The Bertz CT molecular complexity index is 522. The lowest BCUT2D eigenvalue weighted by atomic mass is 10.2. The van der Waals surface area contributed by atoms with E-state index in [1.165, 1.54) is 6.07 Å². The fourth-order valence-corrected chi connectivity index (χ4v) is 2.18. The van der Waals surface area contributed by atoms with E-state index in [-0.39, 0.29) is 43.5 Å². The maximum atomic E-state index is 13.6. The van der Waals surface area contributed by atoms with Gasteiger partial charge in [-0.3, -0.25) is 9.59 Å². The van der Waals surface area contributed by atoms with Gasteiger partial charge in [-0.15, -0.1) is 12.4 Å². The van der Waals surface area contributed by atoms with Crippen molar-refractivity contribution in [2.45, 2.75) is 18.9 Å². The molecule has 1 saturated heterocycles. The first-order chi connectivity index (χ1) is 9.54. The molecule has 2 rings (SSSR count). The van der Waals surface area contributed by atoms with Crippen LogP contribution in [-0.4, -0.2) is 30.9 Å². The van der Waals surface area contributed by atoms with Crippen LogP contribution in [-0.2, 0) is 9.59 Å². The van der Waals surface area contributed by atoms with Gasteiger partial charge in [-0.05, 0) is 18.6 Å². The number of hydrogen-bond donors (Lipinski definition) is 2.